The molecule has 2 atom stereocenters. The van der Waals surface area contributed by atoms with E-state index in [1.165, 1.54) is 30.4 Å². The first-order valence-electron chi connectivity index (χ1n) is 7.79. The molecule has 0 aromatic heterocycles. The zero-order valence-corrected chi connectivity index (χ0v) is 12.3. The van der Waals surface area contributed by atoms with Crippen molar-refractivity contribution in [3.63, 3.8) is 0 Å². The topological polar surface area (TPSA) is 21.3 Å². The number of hydrogen-bond donors (Lipinski definition) is 1. The molecule has 0 aliphatic carbocycles. The van der Waals surface area contributed by atoms with Crippen LogP contribution in [0.15, 0.2) is 24.3 Å². The Morgan fingerprint density at radius 2 is 2.00 bits per heavy atom. The second kappa shape index (κ2) is 7.66. The van der Waals surface area contributed by atoms with E-state index < -0.39 is 0 Å². The molecule has 1 N–H and O–H groups in total. The molecule has 0 radical (unpaired) electrons. The van der Waals surface area contributed by atoms with Crippen LogP contribution in [0.3, 0.4) is 0 Å². The van der Waals surface area contributed by atoms with Gasteiger partial charge in [-0.25, -0.2) is 0 Å². The van der Waals surface area contributed by atoms with E-state index in [1.807, 2.05) is 0 Å². The summed E-state index contributed by atoms with van der Waals surface area (Å²) >= 11 is 0. The fourth-order valence-corrected chi connectivity index (χ4v) is 2.75. The molecule has 1 aromatic carbocycles. The molecular weight excluding hydrogens is 234 g/mol. The number of ether oxygens (including phenoxy) is 1. The molecule has 2 unspecified atom stereocenters. The van der Waals surface area contributed by atoms with Gasteiger partial charge >= 0.3 is 0 Å². The molecule has 0 amide bonds. The van der Waals surface area contributed by atoms with Gasteiger partial charge in [0.1, 0.15) is 0 Å². The fourth-order valence-electron chi connectivity index (χ4n) is 2.75. The van der Waals surface area contributed by atoms with Crippen molar-refractivity contribution < 1.29 is 4.74 Å². The van der Waals surface area contributed by atoms with Gasteiger partial charge in [-0.3, -0.25) is 0 Å². The molecule has 1 saturated heterocycles. The minimum absolute atomic E-state index is 0.341. The highest BCUT2D eigenvalue weighted by Crippen LogP contribution is 2.26. The van der Waals surface area contributed by atoms with Crippen molar-refractivity contribution in [1.82, 2.24) is 5.32 Å². The van der Waals surface area contributed by atoms with E-state index in [2.05, 4.69) is 43.4 Å². The maximum atomic E-state index is 5.99. The molecule has 2 nitrogen and oxygen atoms in total. The van der Waals surface area contributed by atoms with Crippen molar-refractivity contribution in [3.8, 4) is 0 Å². The summed E-state index contributed by atoms with van der Waals surface area (Å²) in [6.07, 6.45) is 6.29. The summed E-state index contributed by atoms with van der Waals surface area (Å²) in [6, 6.07) is 9.39. The first-order valence-corrected chi connectivity index (χ1v) is 7.79. The summed E-state index contributed by atoms with van der Waals surface area (Å²) in [5.74, 6) is 0. The Kier molecular flexibility index (Phi) is 5.87. The van der Waals surface area contributed by atoms with Gasteiger partial charge in [0.05, 0.1) is 12.1 Å². The number of nitrogens with one attached hydrogen (secondary N) is 1. The molecule has 1 heterocycles. The fraction of sp³-hybridized carbons (Fsp3) is 0.647. The van der Waals surface area contributed by atoms with Gasteiger partial charge < -0.3 is 10.1 Å². The zero-order chi connectivity index (χ0) is 13.5. The summed E-state index contributed by atoms with van der Waals surface area (Å²) in [5, 5.41) is 3.67. The Hall–Kier alpha value is -0.860. The van der Waals surface area contributed by atoms with Crippen molar-refractivity contribution in [2.45, 2.75) is 58.1 Å². The minimum Gasteiger partial charge on any atom is -0.376 e. The number of hydrogen-bond acceptors (Lipinski definition) is 2. The molecule has 19 heavy (non-hydrogen) atoms. The van der Waals surface area contributed by atoms with Gasteiger partial charge in [-0.2, -0.15) is 0 Å². The Morgan fingerprint density at radius 3 is 2.58 bits per heavy atom. The largest absolute Gasteiger partial charge is 0.376 e. The third-order valence-corrected chi connectivity index (χ3v) is 3.95. The highest BCUT2D eigenvalue weighted by molar-refractivity contribution is 5.26. The van der Waals surface area contributed by atoms with Gasteiger partial charge in [-0.15, -0.1) is 0 Å². The lowest BCUT2D eigenvalue weighted by Gasteiger charge is -2.31. The van der Waals surface area contributed by atoms with Gasteiger partial charge in [0, 0.05) is 6.61 Å². The lowest BCUT2D eigenvalue weighted by molar-refractivity contribution is -0.00815. The van der Waals surface area contributed by atoms with Crippen LogP contribution in [0.2, 0.25) is 0 Å². The molecule has 0 saturated carbocycles. The van der Waals surface area contributed by atoms with Gasteiger partial charge in [0.2, 0.25) is 0 Å². The highest BCUT2D eigenvalue weighted by atomic mass is 16.5. The summed E-state index contributed by atoms with van der Waals surface area (Å²) in [5.41, 5.74) is 2.78. The van der Waals surface area contributed by atoms with Crippen molar-refractivity contribution in [1.29, 1.82) is 0 Å². The van der Waals surface area contributed by atoms with Crippen LogP contribution >= 0.6 is 0 Å². The van der Waals surface area contributed by atoms with Crippen LogP contribution in [0, 0.1) is 0 Å². The quantitative estimate of drug-likeness (QED) is 0.839. The zero-order valence-electron chi connectivity index (χ0n) is 12.3. The van der Waals surface area contributed by atoms with Crippen LogP contribution in [-0.2, 0) is 11.2 Å². The monoisotopic (exact) mass is 261 g/mol. The number of rotatable bonds is 6. The molecule has 1 aliphatic heterocycles. The summed E-state index contributed by atoms with van der Waals surface area (Å²) < 4.78 is 5.99. The van der Waals surface area contributed by atoms with E-state index in [0.29, 0.717) is 12.1 Å². The van der Waals surface area contributed by atoms with E-state index in [4.69, 9.17) is 4.74 Å². The van der Waals surface area contributed by atoms with E-state index in [1.54, 1.807) is 0 Å². The molecule has 2 heteroatoms. The molecule has 1 fully saturated rings. The SMILES string of the molecule is CCCNC(c1ccc(CC)cc1)C1CCCCO1. The number of aryl methyl sites for hydroxylation is 1. The Bertz CT molecular complexity index is 354. The van der Waals surface area contributed by atoms with Crippen LogP contribution in [0.5, 0.6) is 0 Å². The van der Waals surface area contributed by atoms with E-state index in [9.17, 15) is 0 Å². The van der Waals surface area contributed by atoms with Crippen LogP contribution in [0.25, 0.3) is 0 Å². The normalized spacial score (nSPS) is 21.3. The molecule has 106 valence electrons. The number of benzene rings is 1. The van der Waals surface area contributed by atoms with Gasteiger partial charge in [-0.1, -0.05) is 38.1 Å². The average molecular weight is 261 g/mol. The first-order chi connectivity index (χ1) is 9.35. The van der Waals surface area contributed by atoms with Crippen molar-refractivity contribution >= 4 is 0 Å². The third kappa shape index (κ3) is 4.05. The van der Waals surface area contributed by atoms with Gasteiger partial charge in [0.15, 0.2) is 0 Å². The lowest BCUT2D eigenvalue weighted by atomic mass is 9.94. The Morgan fingerprint density at radius 1 is 1.21 bits per heavy atom. The van der Waals surface area contributed by atoms with Crippen molar-refractivity contribution in [2.24, 2.45) is 0 Å². The minimum atomic E-state index is 0.341. The summed E-state index contributed by atoms with van der Waals surface area (Å²) in [7, 11) is 0. The smallest absolute Gasteiger partial charge is 0.0769 e. The summed E-state index contributed by atoms with van der Waals surface area (Å²) in [6.45, 7) is 6.39. The van der Waals surface area contributed by atoms with E-state index in [-0.39, 0.29) is 0 Å². The third-order valence-electron chi connectivity index (χ3n) is 3.95. The maximum Gasteiger partial charge on any atom is 0.0769 e. The predicted molar refractivity (Wildman–Crippen MR) is 80.4 cm³/mol. The lowest BCUT2D eigenvalue weighted by Crippen LogP contribution is -2.36. The van der Waals surface area contributed by atoms with Gasteiger partial charge in [-0.05, 0) is 49.8 Å². The molecule has 0 spiro atoms. The van der Waals surface area contributed by atoms with Gasteiger partial charge in [0.25, 0.3) is 0 Å². The average Bonchev–Trinajstić information content (AvgIpc) is 2.49. The highest BCUT2D eigenvalue weighted by Gasteiger charge is 2.25. The predicted octanol–water partition coefficient (Wildman–Crippen LogP) is 3.86. The van der Waals surface area contributed by atoms with Crippen LogP contribution in [-0.4, -0.2) is 19.3 Å². The molecular formula is C17H27NO. The van der Waals surface area contributed by atoms with Crippen molar-refractivity contribution in [3.05, 3.63) is 35.4 Å². The molecule has 1 aromatic rings. The van der Waals surface area contributed by atoms with E-state index >= 15 is 0 Å². The molecule has 1 aliphatic rings. The second-order valence-electron chi connectivity index (χ2n) is 5.43. The van der Waals surface area contributed by atoms with Crippen LogP contribution in [0.4, 0.5) is 0 Å². The van der Waals surface area contributed by atoms with Crippen LogP contribution in [0.1, 0.15) is 56.7 Å². The standard InChI is InChI=1S/C17H27NO/c1-3-12-18-17(16-7-5-6-13-19-16)15-10-8-14(4-2)9-11-15/h8-11,16-18H,3-7,12-13H2,1-2H3. The van der Waals surface area contributed by atoms with E-state index in [0.717, 1.165) is 26.0 Å². The summed E-state index contributed by atoms with van der Waals surface area (Å²) in [4.78, 5) is 0. The molecule has 2 rings (SSSR count). The Labute approximate surface area is 117 Å². The Balaban J connectivity index is 2.10. The second-order valence-corrected chi connectivity index (χ2v) is 5.43. The van der Waals surface area contributed by atoms with Crippen LogP contribution < -0.4 is 5.32 Å². The van der Waals surface area contributed by atoms with Crippen molar-refractivity contribution in [2.75, 3.05) is 13.2 Å². The first kappa shape index (κ1) is 14.5. The maximum absolute atomic E-state index is 5.99. The molecule has 0 bridgehead atoms.